The van der Waals surface area contributed by atoms with Gasteiger partial charge in [0, 0.05) is 39.4 Å². The molecule has 0 atom stereocenters. The summed E-state index contributed by atoms with van der Waals surface area (Å²) in [5, 5.41) is 16.1. The molecule has 0 rings (SSSR count). The van der Waals surface area contributed by atoms with Crippen molar-refractivity contribution in [2.45, 2.75) is 80.1 Å². The number of hydrogen-bond donors (Lipinski definition) is 2. The molecule has 2 N–H and O–H groups in total. The Morgan fingerprint density at radius 3 is 0.800 bits per heavy atom. The van der Waals surface area contributed by atoms with Gasteiger partial charge in [-0.2, -0.15) is 0 Å². The summed E-state index contributed by atoms with van der Waals surface area (Å²) in [6, 6.07) is 0. The van der Waals surface area contributed by atoms with Crippen molar-refractivity contribution in [2.75, 3.05) is 13.2 Å². The fourth-order valence-corrected chi connectivity index (χ4v) is 1.02. The first-order valence-corrected chi connectivity index (χ1v) is 8.28. The summed E-state index contributed by atoms with van der Waals surface area (Å²) in [7, 11) is 0. The maximum absolute atomic E-state index is 10.0. The van der Waals surface area contributed by atoms with Crippen LogP contribution in [-0.2, 0) is 45.4 Å². The summed E-state index contributed by atoms with van der Waals surface area (Å²) in [4.78, 5) is 40.1. The van der Waals surface area contributed by atoms with E-state index >= 15 is 0 Å². The van der Waals surface area contributed by atoms with E-state index in [9.17, 15) is 19.2 Å². The molecular formula is C18H36O6Zr. The number of carbonyl (C=O) groups excluding carboxylic acids is 4. The van der Waals surface area contributed by atoms with Gasteiger partial charge in [0.05, 0.1) is 12.8 Å². The van der Waals surface area contributed by atoms with Crippen molar-refractivity contribution in [2.24, 2.45) is 0 Å². The van der Waals surface area contributed by atoms with E-state index in [1.54, 1.807) is 0 Å². The molecule has 0 aliphatic carbocycles. The summed E-state index contributed by atoms with van der Waals surface area (Å²) in [5.74, 6) is -0.250. The predicted molar refractivity (Wildman–Crippen MR) is 95.9 cm³/mol. The molecule has 0 aliphatic rings. The van der Waals surface area contributed by atoms with Crippen LogP contribution in [0, 0.1) is 0 Å². The van der Waals surface area contributed by atoms with Crippen LogP contribution in [0.4, 0.5) is 0 Å². The van der Waals surface area contributed by atoms with Crippen molar-refractivity contribution in [3.63, 3.8) is 0 Å². The molecule has 0 saturated carbocycles. The molecule has 0 radical (unpaired) electrons. The summed E-state index contributed by atoms with van der Waals surface area (Å²) in [5.41, 5.74) is 0. The summed E-state index contributed by atoms with van der Waals surface area (Å²) in [6.45, 7) is 10.4. The van der Waals surface area contributed by atoms with Gasteiger partial charge in [-0.3, -0.25) is 19.2 Å². The number of rotatable bonds is 8. The third-order valence-corrected chi connectivity index (χ3v) is 2.02. The zero-order valence-corrected chi connectivity index (χ0v) is 19.1. The Morgan fingerprint density at radius 1 is 0.600 bits per heavy atom. The van der Waals surface area contributed by atoms with Gasteiger partial charge in [0.15, 0.2) is 0 Å². The van der Waals surface area contributed by atoms with E-state index in [0.29, 0.717) is 13.2 Å². The van der Waals surface area contributed by atoms with Gasteiger partial charge in [0.1, 0.15) is 23.1 Å². The van der Waals surface area contributed by atoms with Gasteiger partial charge >= 0.3 is 0 Å². The normalized spacial score (nSPS) is 8.00. The van der Waals surface area contributed by atoms with Crippen LogP contribution in [0.2, 0.25) is 0 Å². The van der Waals surface area contributed by atoms with Gasteiger partial charge in [-0.15, -0.1) is 0 Å². The van der Waals surface area contributed by atoms with Crippen molar-refractivity contribution in [1.29, 1.82) is 0 Å². The van der Waals surface area contributed by atoms with Crippen LogP contribution in [0.1, 0.15) is 80.1 Å². The van der Waals surface area contributed by atoms with Gasteiger partial charge in [-0.05, 0) is 40.5 Å². The number of aliphatic hydroxyl groups excluding tert-OH is 2. The third-order valence-electron chi connectivity index (χ3n) is 2.02. The van der Waals surface area contributed by atoms with Crippen LogP contribution in [0.25, 0.3) is 0 Å². The molecule has 6 nitrogen and oxygen atoms in total. The molecule has 148 valence electrons. The summed E-state index contributed by atoms with van der Waals surface area (Å²) in [6.07, 6.45) is 4.24. The first-order chi connectivity index (χ1) is 11.1. The molecular weight excluding hydrogens is 403 g/mol. The first-order valence-electron chi connectivity index (χ1n) is 8.28. The maximum Gasteiger partial charge on any atom is 0.137 e. The topological polar surface area (TPSA) is 109 Å². The first kappa shape index (κ1) is 35.6. The number of hydrogen-bond acceptors (Lipinski definition) is 6. The fraction of sp³-hybridized carbons (Fsp3) is 0.778. The second-order valence-electron chi connectivity index (χ2n) is 5.32. The van der Waals surface area contributed by atoms with Crippen LogP contribution < -0.4 is 0 Å². The summed E-state index contributed by atoms with van der Waals surface area (Å²) < 4.78 is 0. The average molecular weight is 440 g/mol. The van der Waals surface area contributed by atoms with Crippen molar-refractivity contribution >= 4 is 23.1 Å². The van der Waals surface area contributed by atoms with Gasteiger partial charge in [-0.1, -0.05) is 26.7 Å². The van der Waals surface area contributed by atoms with E-state index in [1.807, 2.05) is 0 Å². The molecule has 0 saturated heterocycles. The van der Waals surface area contributed by atoms with Gasteiger partial charge in [0.2, 0.25) is 0 Å². The van der Waals surface area contributed by atoms with Gasteiger partial charge in [-0.25, -0.2) is 0 Å². The average Bonchev–Trinajstić information content (AvgIpc) is 2.39. The smallest absolute Gasteiger partial charge is 0.137 e. The fourth-order valence-electron chi connectivity index (χ4n) is 1.02. The number of unbranched alkanes of at least 4 members (excludes halogenated alkanes) is 2. The van der Waals surface area contributed by atoms with Crippen LogP contribution in [0.5, 0.6) is 0 Å². The predicted octanol–water partition coefficient (Wildman–Crippen LogP) is 2.66. The largest absolute Gasteiger partial charge is 0.396 e. The molecule has 0 fully saturated rings. The molecule has 0 unspecified atom stereocenters. The molecule has 0 aromatic rings. The monoisotopic (exact) mass is 438 g/mol. The third kappa shape index (κ3) is 82.2. The second-order valence-corrected chi connectivity index (χ2v) is 5.32. The minimum Gasteiger partial charge on any atom is -0.396 e. The zero-order chi connectivity index (χ0) is 20.0. The quantitative estimate of drug-likeness (QED) is 0.563. The Labute approximate surface area is 171 Å². The minimum absolute atomic E-state index is 0. The standard InChI is InChI=1S/2C5H8O2.2C4H10O.Zr/c2*1-4(6)3-5(2)7;2*1-2-3-4-5;/h2*3H2,1-2H3;2*5H,2-4H2,1H3;. The van der Waals surface area contributed by atoms with Crippen molar-refractivity contribution in [3.05, 3.63) is 0 Å². The number of aliphatic hydroxyl groups is 2. The Balaban J connectivity index is -0.0000000711. The van der Waals surface area contributed by atoms with E-state index in [1.165, 1.54) is 27.7 Å². The Hall–Kier alpha value is -0.517. The Kier molecular flexibility index (Phi) is 44.5. The van der Waals surface area contributed by atoms with E-state index < -0.39 is 0 Å². The molecule has 0 spiro atoms. The summed E-state index contributed by atoms with van der Waals surface area (Å²) >= 11 is 0. The zero-order valence-electron chi connectivity index (χ0n) is 16.7. The Morgan fingerprint density at radius 2 is 0.800 bits per heavy atom. The molecule has 0 aliphatic heterocycles. The molecule has 0 heterocycles. The van der Waals surface area contributed by atoms with Crippen LogP contribution >= 0.6 is 0 Å². The molecule has 0 bridgehead atoms. The second kappa shape index (κ2) is 31.3. The van der Waals surface area contributed by atoms with E-state index in [2.05, 4.69) is 13.8 Å². The van der Waals surface area contributed by atoms with Crippen molar-refractivity contribution in [1.82, 2.24) is 0 Å². The van der Waals surface area contributed by atoms with E-state index in [4.69, 9.17) is 10.2 Å². The van der Waals surface area contributed by atoms with Crippen LogP contribution in [-0.4, -0.2) is 46.6 Å². The van der Waals surface area contributed by atoms with E-state index in [0.717, 1.165) is 25.7 Å². The van der Waals surface area contributed by atoms with E-state index in [-0.39, 0.29) is 62.2 Å². The number of carbonyl (C=O) groups is 4. The SMILES string of the molecule is CC(=O)CC(C)=O.CC(=O)CC(C)=O.CCCCO.CCCCO.[Zr]. The molecule has 7 heteroatoms. The molecule has 0 aromatic heterocycles. The van der Waals surface area contributed by atoms with Crippen molar-refractivity contribution in [3.8, 4) is 0 Å². The molecule has 25 heavy (non-hydrogen) atoms. The maximum atomic E-state index is 10.0. The minimum atomic E-state index is -0.0625. The van der Waals surface area contributed by atoms with Crippen LogP contribution in [0.15, 0.2) is 0 Å². The van der Waals surface area contributed by atoms with Gasteiger partial charge in [0.25, 0.3) is 0 Å². The van der Waals surface area contributed by atoms with Crippen molar-refractivity contribution < 1.29 is 55.6 Å². The molecule has 0 aromatic carbocycles. The number of Topliss-reactive ketones (excluding diaryl/α,β-unsaturated/α-hetero) is 4. The Bertz CT molecular complexity index is 270. The van der Waals surface area contributed by atoms with Crippen LogP contribution in [0.3, 0.4) is 0 Å². The number of ketones is 4. The molecule has 0 amide bonds. The van der Waals surface area contributed by atoms with Gasteiger partial charge < -0.3 is 10.2 Å².